The maximum Gasteiger partial charge on any atom is 0.159 e. The Balaban J connectivity index is 1.61. The van der Waals surface area contributed by atoms with Crippen molar-refractivity contribution < 1.29 is 0 Å². The standard InChI is InChI=1S/C27H26N6/c1-5-17(13-20(6-2)33(3)4)19-11-12-23-21(14-19)26(32-31-23)27-29-24-16-28-15-22(25(24)30-27)18-9-7-8-10-18/h5-7,9-16H,2,8H2,1,3-4H3,(H,29,30)(H,31,32)/b17-5+,20-13+. The van der Waals surface area contributed by atoms with E-state index in [1.54, 1.807) is 0 Å². The number of benzene rings is 1. The van der Waals surface area contributed by atoms with Crippen molar-refractivity contribution in [3.05, 3.63) is 90.5 Å². The van der Waals surface area contributed by atoms with Gasteiger partial charge in [0.25, 0.3) is 0 Å². The van der Waals surface area contributed by atoms with Gasteiger partial charge in [-0.25, -0.2) is 4.98 Å². The Bertz CT molecular complexity index is 1490. The van der Waals surface area contributed by atoms with Crippen molar-refractivity contribution in [3.8, 4) is 11.5 Å². The molecule has 0 fully saturated rings. The lowest BCUT2D eigenvalue weighted by atomic mass is 10.0. The molecule has 0 bridgehead atoms. The Labute approximate surface area is 192 Å². The molecule has 0 unspecified atom stereocenters. The minimum atomic E-state index is 0.725. The molecule has 0 saturated heterocycles. The highest BCUT2D eigenvalue weighted by molar-refractivity contribution is 5.98. The molecule has 0 amide bonds. The highest BCUT2D eigenvalue weighted by Gasteiger charge is 2.17. The van der Waals surface area contributed by atoms with Crippen molar-refractivity contribution in [2.24, 2.45) is 0 Å². The Morgan fingerprint density at radius 3 is 2.79 bits per heavy atom. The molecule has 0 spiro atoms. The zero-order valence-corrected chi connectivity index (χ0v) is 19.1. The van der Waals surface area contributed by atoms with E-state index in [0.717, 1.165) is 67.8 Å². The minimum absolute atomic E-state index is 0.725. The maximum absolute atomic E-state index is 4.93. The van der Waals surface area contributed by atoms with Crippen LogP contribution in [0.4, 0.5) is 0 Å². The van der Waals surface area contributed by atoms with Gasteiger partial charge in [-0.3, -0.25) is 10.1 Å². The van der Waals surface area contributed by atoms with Crippen LogP contribution < -0.4 is 0 Å². The van der Waals surface area contributed by atoms with Gasteiger partial charge >= 0.3 is 0 Å². The van der Waals surface area contributed by atoms with E-state index in [0.29, 0.717) is 0 Å². The number of likely N-dealkylation sites (N-methyl/N-ethyl adjacent to an activating group) is 1. The maximum atomic E-state index is 4.93. The lowest BCUT2D eigenvalue weighted by Gasteiger charge is -2.14. The topological polar surface area (TPSA) is 73.5 Å². The fourth-order valence-corrected chi connectivity index (χ4v) is 4.15. The largest absolute Gasteiger partial charge is 0.378 e. The van der Waals surface area contributed by atoms with Crippen LogP contribution in [0.5, 0.6) is 0 Å². The van der Waals surface area contributed by atoms with Gasteiger partial charge in [0.15, 0.2) is 5.82 Å². The van der Waals surface area contributed by atoms with Crippen LogP contribution in [0.3, 0.4) is 0 Å². The molecular formula is C27H26N6. The predicted molar refractivity (Wildman–Crippen MR) is 136 cm³/mol. The summed E-state index contributed by atoms with van der Waals surface area (Å²) >= 11 is 0. The summed E-state index contributed by atoms with van der Waals surface area (Å²) in [6, 6.07) is 6.32. The van der Waals surface area contributed by atoms with Crippen molar-refractivity contribution in [2.45, 2.75) is 13.3 Å². The number of nitrogens with one attached hydrogen (secondary N) is 2. The number of pyridine rings is 1. The molecule has 0 saturated carbocycles. The van der Waals surface area contributed by atoms with E-state index in [9.17, 15) is 0 Å². The Kier molecular flexibility index (Phi) is 5.26. The fraction of sp³-hybridized carbons (Fsp3) is 0.148. The Morgan fingerprint density at radius 2 is 2.06 bits per heavy atom. The molecule has 1 aliphatic carbocycles. The van der Waals surface area contributed by atoms with Gasteiger partial charge in [0.05, 0.1) is 22.7 Å². The number of H-pyrrole nitrogens is 2. The fourth-order valence-electron chi connectivity index (χ4n) is 4.15. The number of hydrogen-bond donors (Lipinski definition) is 2. The molecule has 164 valence electrons. The summed E-state index contributed by atoms with van der Waals surface area (Å²) in [5, 5.41) is 8.75. The third kappa shape index (κ3) is 3.69. The lowest BCUT2D eigenvalue weighted by molar-refractivity contribution is 0.530. The van der Waals surface area contributed by atoms with Crippen LogP contribution in [0.25, 0.3) is 44.6 Å². The van der Waals surface area contributed by atoms with E-state index < -0.39 is 0 Å². The number of fused-ring (bicyclic) bond motifs is 2. The summed E-state index contributed by atoms with van der Waals surface area (Å²) in [6.07, 6.45) is 17.2. The van der Waals surface area contributed by atoms with E-state index in [-0.39, 0.29) is 0 Å². The Morgan fingerprint density at radius 1 is 1.18 bits per heavy atom. The van der Waals surface area contributed by atoms with Crippen LogP contribution in [0.1, 0.15) is 24.5 Å². The predicted octanol–water partition coefficient (Wildman–Crippen LogP) is 5.88. The van der Waals surface area contributed by atoms with Crippen molar-refractivity contribution in [1.29, 1.82) is 0 Å². The van der Waals surface area contributed by atoms with Crippen molar-refractivity contribution in [1.82, 2.24) is 30.0 Å². The number of imidazole rings is 1. The quantitative estimate of drug-likeness (QED) is 0.372. The SMILES string of the molecule is C=C/C(=C\C(=C/C)c1ccc2[nH]nc(-c3nc4c(C5=CCC=C5)cncc4[nH]3)c2c1)N(C)C. The van der Waals surface area contributed by atoms with Crippen LogP contribution in [0.15, 0.2) is 79.3 Å². The molecule has 6 heteroatoms. The minimum Gasteiger partial charge on any atom is -0.378 e. The smallest absolute Gasteiger partial charge is 0.159 e. The van der Waals surface area contributed by atoms with E-state index in [2.05, 4.69) is 75.3 Å². The van der Waals surface area contributed by atoms with Gasteiger partial charge in [0.2, 0.25) is 0 Å². The molecule has 0 atom stereocenters. The molecule has 1 aliphatic rings. The van der Waals surface area contributed by atoms with Crippen molar-refractivity contribution >= 4 is 33.1 Å². The summed E-state index contributed by atoms with van der Waals surface area (Å²) in [6.45, 7) is 5.98. The van der Waals surface area contributed by atoms with Crippen LogP contribution in [-0.4, -0.2) is 44.1 Å². The number of nitrogens with zero attached hydrogens (tertiary/aromatic N) is 4. The van der Waals surface area contributed by atoms with Gasteiger partial charge in [0.1, 0.15) is 5.69 Å². The number of allylic oxidation sites excluding steroid dienone is 8. The van der Waals surface area contributed by atoms with E-state index in [1.807, 2.05) is 44.4 Å². The average molecular weight is 435 g/mol. The molecule has 6 nitrogen and oxygen atoms in total. The number of aromatic amines is 2. The van der Waals surface area contributed by atoms with Crippen LogP contribution >= 0.6 is 0 Å². The van der Waals surface area contributed by atoms with Gasteiger partial charge < -0.3 is 9.88 Å². The second kappa shape index (κ2) is 8.39. The summed E-state index contributed by atoms with van der Waals surface area (Å²) in [4.78, 5) is 14.8. The molecule has 2 N–H and O–H groups in total. The lowest BCUT2D eigenvalue weighted by Crippen LogP contribution is -2.09. The Hall–Kier alpha value is -4.19. The highest BCUT2D eigenvalue weighted by atomic mass is 15.1. The highest BCUT2D eigenvalue weighted by Crippen LogP contribution is 2.32. The van der Waals surface area contributed by atoms with Gasteiger partial charge in [-0.15, -0.1) is 0 Å². The first-order valence-corrected chi connectivity index (χ1v) is 11.0. The average Bonchev–Trinajstić information content (AvgIpc) is 3.57. The molecule has 3 aromatic heterocycles. The van der Waals surface area contributed by atoms with Crippen LogP contribution in [0.2, 0.25) is 0 Å². The number of rotatable bonds is 6. The molecule has 0 radical (unpaired) electrons. The normalized spacial score (nSPS) is 14.3. The van der Waals surface area contributed by atoms with Crippen molar-refractivity contribution in [3.63, 3.8) is 0 Å². The van der Waals surface area contributed by atoms with Gasteiger partial charge in [-0.2, -0.15) is 5.10 Å². The molecule has 4 aromatic rings. The summed E-state index contributed by atoms with van der Waals surface area (Å²) < 4.78 is 0. The van der Waals surface area contributed by atoms with E-state index in [1.165, 1.54) is 0 Å². The first-order chi connectivity index (χ1) is 16.1. The third-order valence-corrected chi connectivity index (χ3v) is 5.94. The van der Waals surface area contributed by atoms with Gasteiger partial charge in [-0.05, 0) is 54.3 Å². The number of hydrogen-bond acceptors (Lipinski definition) is 4. The molecule has 3 heterocycles. The molecule has 1 aromatic carbocycles. The first kappa shape index (κ1) is 20.7. The second-order valence-corrected chi connectivity index (χ2v) is 8.21. The summed E-state index contributed by atoms with van der Waals surface area (Å²) in [7, 11) is 4.03. The van der Waals surface area contributed by atoms with Gasteiger partial charge in [-0.1, -0.05) is 36.9 Å². The second-order valence-electron chi connectivity index (χ2n) is 8.21. The first-order valence-electron chi connectivity index (χ1n) is 11.0. The molecule has 0 aliphatic heterocycles. The molecule has 5 rings (SSSR count). The van der Waals surface area contributed by atoms with E-state index >= 15 is 0 Å². The zero-order chi connectivity index (χ0) is 22.9. The van der Waals surface area contributed by atoms with E-state index in [4.69, 9.17) is 4.98 Å². The molecular weight excluding hydrogens is 408 g/mol. The molecule has 33 heavy (non-hydrogen) atoms. The number of aromatic nitrogens is 5. The summed E-state index contributed by atoms with van der Waals surface area (Å²) in [5.41, 5.74) is 9.01. The third-order valence-electron chi connectivity index (χ3n) is 5.94. The summed E-state index contributed by atoms with van der Waals surface area (Å²) in [5.74, 6) is 0.725. The van der Waals surface area contributed by atoms with Crippen LogP contribution in [0, 0.1) is 0 Å². The van der Waals surface area contributed by atoms with Crippen molar-refractivity contribution in [2.75, 3.05) is 14.1 Å². The zero-order valence-electron chi connectivity index (χ0n) is 19.1. The van der Waals surface area contributed by atoms with Gasteiger partial charge in [0, 0.05) is 36.9 Å². The van der Waals surface area contributed by atoms with Crippen LogP contribution in [-0.2, 0) is 0 Å². The monoisotopic (exact) mass is 434 g/mol.